The van der Waals surface area contributed by atoms with Gasteiger partial charge in [0.15, 0.2) is 0 Å². The van der Waals surface area contributed by atoms with Crippen molar-refractivity contribution in [1.29, 1.82) is 0 Å². The Balaban J connectivity index is 1.76. The van der Waals surface area contributed by atoms with Crippen molar-refractivity contribution in [3.63, 3.8) is 0 Å². The first-order chi connectivity index (χ1) is 14.1. The van der Waals surface area contributed by atoms with Gasteiger partial charge in [-0.1, -0.05) is 12.1 Å². The fraction of sp³-hybridized carbons (Fsp3) is 0.333. The Morgan fingerprint density at radius 3 is 2.59 bits per heavy atom. The van der Waals surface area contributed by atoms with E-state index in [-0.39, 0.29) is 11.6 Å². The number of carbonyl (C=O) groups excluding carboxylic acids is 2. The highest BCUT2D eigenvalue weighted by atomic mass is 19.1. The van der Waals surface area contributed by atoms with Crippen molar-refractivity contribution < 1.29 is 18.7 Å². The minimum absolute atomic E-state index is 0.0798. The highest BCUT2D eigenvalue weighted by Gasteiger charge is 2.20. The standard InChI is InChI=1S/C21H25FN4O3/c1-29-13-10-23-20(27)16-14-15(8-9-19(16)26-11-4-5-12-26)24-21(28)25-18-7-3-2-6-17(18)22/h2-3,6-9,14H,4-5,10-13H2,1H3,(H,23,27)(H2,24,25,28). The number of urea groups is 1. The summed E-state index contributed by atoms with van der Waals surface area (Å²) >= 11 is 0. The zero-order valence-corrected chi connectivity index (χ0v) is 16.3. The number of rotatable bonds is 7. The Bertz CT molecular complexity index is 869. The lowest BCUT2D eigenvalue weighted by Crippen LogP contribution is -2.30. The molecule has 7 nitrogen and oxygen atoms in total. The first-order valence-electron chi connectivity index (χ1n) is 9.57. The zero-order valence-electron chi connectivity index (χ0n) is 16.3. The van der Waals surface area contributed by atoms with Crippen molar-refractivity contribution in [3.8, 4) is 0 Å². The Morgan fingerprint density at radius 2 is 1.86 bits per heavy atom. The van der Waals surface area contributed by atoms with E-state index >= 15 is 0 Å². The van der Waals surface area contributed by atoms with Crippen LogP contribution in [0, 0.1) is 5.82 Å². The van der Waals surface area contributed by atoms with Crippen molar-refractivity contribution in [2.75, 3.05) is 48.9 Å². The van der Waals surface area contributed by atoms with Crippen molar-refractivity contribution in [1.82, 2.24) is 5.32 Å². The number of nitrogens with one attached hydrogen (secondary N) is 3. The van der Waals surface area contributed by atoms with E-state index in [9.17, 15) is 14.0 Å². The lowest BCUT2D eigenvalue weighted by molar-refractivity contribution is 0.0937. The van der Waals surface area contributed by atoms with E-state index in [1.54, 1.807) is 31.4 Å². The molecule has 2 aromatic rings. The first-order valence-corrected chi connectivity index (χ1v) is 9.57. The minimum Gasteiger partial charge on any atom is -0.383 e. The molecule has 1 heterocycles. The average Bonchev–Trinajstić information content (AvgIpc) is 3.24. The van der Waals surface area contributed by atoms with Crippen LogP contribution in [0.2, 0.25) is 0 Å². The second-order valence-electron chi connectivity index (χ2n) is 6.73. The lowest BCUT2D eigenvalue weighted by Gasteiger charge is -2.22. The second kappa shape index (κ2) is 9.88. The van der Waals surface area contributed by atoms with E-state index in [0.717, 1.165) is 31.6 Å². The molecule has 1 aliphatic rings. The predicted molar refractivity (Wildman–Crippen MR) is 111 cm³/mol. The zero-order chi connectivity index (χ0) is 20.6. The van der Waals surface area contributed by atoms with Crippen molar-refractivity contribution in [2.24, 2.45) is 0 Å². The van der Waals surface area contributed by atoms with E-state index < -0.39 is 11.8 Å². The fourth-order valence-electron chi connectivity index (χ4n) is 3.24. The van der Waals surface area contributed by atoms with Gasteiger partial charge in [-0.2, -0.15) is 0 Å². The summed E-state index contributed by atoms with van der Waals surface area (Å²) in [5.74, 6) is -0.757. The molecule has 0 unspecified atom stereocenters. The number of halogens is 1. The van der Waals surface area contributed by atoms with Gasteiger partial charge in [0.05, 0.1) is 17.9 Å². The van der Waals surface area contributed by atoms with Crippen LogP contribution in [0.4, 0.5) is 26.2 Å². The van der Waals surface area contributed by atoms with Crippen LogP contribution in [0.25, 0.3) is 0 Å². The van der Waals surface area contributed by atoms with E-state index in [1.165, 1.54) is 12.1 Å². The van der Waals surface area contributed by atoms with Gasteiger partial charge in [0.25, 0.3) is 5.91 Å². The van der Waals surface area contributed by atoms with Gasteiger partial charge in [0, 0.05) is 38.1 Å². The Hall–Kier alpha value is -3.13. The third kappa shape index (κ3) is 5.45. The number of hydrogen-bond acceptors (Lipinski definition) is 4. The van der Waals surface area contributed by atoms with Crippen molar-refractivity contribution in [3.05, 3.63) is 53.8 Å². The molecule has 1 fully saturated rings. The molecule has 2 aromatic carbocycles. The van der Waals surface area contributed by atoms with Gasteiger partial charge in [-0.05, 0) is 43.2 Å². The minimum atomic E-state index is -0.588. The summed E-state index contributed by atoms with van der Waals surface area (Å²) in [4.78, 5) is 27.1. The van der Waals surface area contributed by atoms with Crippen LogP contribution in [-0.2, 0) is 4.74 Å². The van der Waals surface area contributed by atoms with Gasteiger partial charge in [-0.25, -0.2) is 9.18 Å². The molecular weight excluding hydrogens is 375 g/mol. The maximum absolute atomic E-state index is 13.7. The summed E-state index contributed by atoms with van der Waals surface area (Å²) < 4.78 is 18.7. The summed E-state index contributed by atoms with van der Waals surface area (Å²) in [7, 11) is 1.57. The van der Waals surface area contributed by atoms with Crippen molar-refractivity contribution >= 4 is 29.0 Å². The molecule has 0 bridgehead atoms. The maximum atomic E-state index is 13.7. The number of ether oxygens (including phenoxy) is 1. The molecule has 1 aliphatic heterocycles. The molecule has 3 amide bonds. The Kier molecular flexibility index (Phi) is 7.02. The van der Waals surface area contributed by atoms with Crippen LogP contribution in [0.3, 0.4) is 0 Å². The quantitative estimate of drug-likeness (QED) is 0.622. The predicted octanol–water partition coefficient (Wildman–Crippen LogP) is 3.45. The third-order valence-corrected chi connectivity index (χ3v) is 4.66. The van der Waals surface area contributed by atoms with Gasteiger partial charge < -0.3 is 25.6 Å². The maximum Gasteiger partial charge on any atom is 0.323 e. The largest absolute Gasteiger partial charge is 0.383 e. The van der Waals surface area contributed by atoms with Gasteiger partial charge in [0.1, 0.15) is 5.82 Å². The number of hydrogen-bond donors (Lipinski definition) is 3. The third-order valence-electron chi connectivity index (χ3n) is 4.66. The van der Waals surface area contributed by atoms with Crippen LogP contribution < -0.4 is 20.9 Å². The Morgan fingerprint density at radius 1 is 1.10 bits per heavy atom. The molecule has 0 spiro atoms. The smallest absolute Gasteiger partial charge is 0.323 e. The van der Waals surface area contributed by atoms with Crippen LogP contribution in [-0.4, -0.2) is 45.3 Å². The molecule has 0 atom stereocenters. The summed E-state index contributed by atoms with van der Waals surface area (Å²) in [6, 6.07) is 10.5. The molecular formula is C21H25FN4O3. The summed E-state index contributed by atoms with van der Waals surface area (Å²) in [6.45, 7) is 2.58. The van der Waals surface area contributed by atoms with E-state index in [4.69, 9.17) is 4.74 Å². The molecule has 0 aromatic heterocycles. The highest BCUT2D eigenvalue weighted by Crippen LogP contribution is 2.27. The van der Waals surface area contributed by atoms with E-state index in [1.807, 2.05) is 6.07 Å². The van der Waals surface area contributed by atoms with Gasteiger partial charge in [-0.15, -0.1) is 0 Å². The number of methoxy groups -OCH3 is 1. The monoisotopic (exact) mass is 400 g/mol. The van der Waals surface area contributed by atoms with Gasteiger partial charge >= 0.3 is 6.03 Å². The molecule has 1 saturated heterocycles. The SMILES string of the molecule is COCCNC(=O)c1cc(NC(=O)Nc2ccccc2F)ccc1N1CCCC1. The molecule has 3 rings (SSSR count). The number of anilines is 3. The number of para-hydroxylation sites is 1. The fourth-order valence-corrected chi connectivity index (χ4v) is 3.24. The number of amides is 3. The molecule has 154 valence electrons. The average molecular weight is 400 g/mol. The topological polar surface area (TPSA) is 82.7 Å². The summed E-state index contributed by atoms with van der Waals surface area (Å²) in [5, 5.41) is 7.95. The van der Waals surface area contributed by atoms with Crippen LogP contribution in [0.5, 0.6) is 0 Å². The van der Waals surface area contributed by atoms with Crippen LogP contribution in [0.1, 0.15) is 23.2 Å². The second-order valence-corrected chi connectivity index (χ2v) is 6.73. The normalized spacial score (nSPS) is 13.2. The van der Waals surface area contributed by atoms with E-state index in [0.29, 0.717) is 24.4 Å². The number of benzene rings is 2. The summed E-state index contributed by atoms with van der Waals surface area (Å²) in [6.07, 6.45) is 2.16. The van der Waals surface area contributed by atoms with Gasteiger partial charge in [0.2, 0.25) is 0 Å². The van der Waals surface area contributed by atoms with E-state index in [2.05, 4.69) is 20.9 Å². The molecule has 8 heteroatoms. The lowest BCUT2D eigenvalue weighted by atomic mass is 10.1. The van der Waals surface area contributed by atoms with Crippen molar-refractivity contribution in [2.45, 2.75) is 12.8 Å². The summed E-state index contributed by atoms with van der Waals surface area (Å²) in [5.41, 5.74) is 1.83. The molecule has 0 saturated carbocycles. The van der Waals surface area contributed by atoms with Crippen LogP contribution >= 0.6 is 0 Å². The highest BCUT2D eigenvalue weighted by molar-refractivity contribution is 6.04. The molecule has 0 aliphatic carbocycles. The number of nitrogens with zero attached hydrogens (tertiary/aromatic N) is 1. The van der Waals surface area contributed by atoms with Gasteiger partial charge in [-0.3, -0.25) is 4.79 Å². The molecule has 3 N–H and O–H groups in total. The molecule has 0 radical (unpaired) electrons. The van der Waals surface area contributed by atoms with Crippen LogP contribution in [0.15, 0.2) is 42.5 Å². The first kappa shape index (κ1) is 20.6. The molecule has 29 heavy (non-hydrogen) atoms. The number of carbonyl (C=O) groups is 2. The Labute approximate surface area is 169 Å².